The van der Waals surface area contributed by atoms with Gasteiger partial charge in [-0.25, -0.2) is 4.98 Å². The summed E-state index contributed by atoms with van der Waals surface area (Å²) < 4.78 is 2.23. The highest BCUT2D eigenvalue weighted by molar-refractivity contribution is 7.99. The zero-order chi connectivity index (χ0) is 21.4. The van der Waals surface area contributed by atoms with Crippen molar-refractivity contribution in [3.05, 3.63) is 69.7 Å². The van der Waals surface area contributed by atoms with Crippen molar-refractivity contribution in [2.45, 2.75) is 49.1 Å². The SMILES string of the molecule is CC(Sc1nnc(-c2ccccc2Cl)n1C1CCCC1)c1nc2ccccc2c(=O)[nH]1. The standard InChI is InChI=1S/C23H22ClN5OS/c1-14(20-25-19-13-7-5-11-17(19)22(30)26-20)31-23-28-27-21(16-10-4-6-12-18(16)24)29(23)15-8-2-3-9-15/h4-7,10-15H,2-3,8-9H2,1H3,(H,25,26,30). The van der Waals surface area contributed by atoms with Crippen LogP contribution in [0, 0.1) is 0 Å². The number of hydrogen-bond acceptors (Lipinski definition) is 5. The summed E-state index contributed by atoms with van der Waals surface area (Å²) >= 11 is 8.05. The summed E-state index contributed by atoms with van der Waals surface area (Å²) in [7, 11) is 0. The second kappa shape index (κ2) is 8.48. The highest BCUT2D eigenvalue weighted by Crippen LogP contribution is 2.41. The molecule has 1 fully saturated rings. The minimum atomic E-state index is -0.123. The van der Waals surface area contributed by atoms with Gasteiger partial charge in [0.2, 0.25) is 0 Å². The van der Waals surface area contributed by atoms with Crippen molar-refractivity contribution >= 4 is 34.3 Å². The van der Waals surface area contributed by atoms with E-state index < -0.39 is 0 Å². The van der Waals surface area contributed by atoms with E-state index in [1.165, 1.54) is 12.8 Å². The molecular weight excluding hydrogens is 430 g/mol. The van der Waals surface area contributed by atoms with Crippen LogP contribution in [0.2, 0.25) is 5.02 Å². The Balaban J connectivity index is 1.53. The Morgan fingerprint density at radius 3 is 2.65 bits per heavy atom. The largest absolute Gasteiger partial charge is 0.309 e. The van der Waals surface area contributed by atoms with Gasteiger partial charge in [0.25, 0.3) is 5.56 Å². The third-order valence-corrected chi connectivity index (χ3v) is 7.16. The first kappa shape index (κ1) is 20.3. The van der Waals surface area contributed by atoms with E-state index in [0.717, 1.165) is 29.4 Å². The predicted octanol–water partition coefficient (Wildman–Crippen LogP) is 5.80. The van der Waals surface area contributed by atoms with Crippen LogP contribution in [0.4, 0.5) is 0 Å². The number of para-hydroxylation sites is 1. The lowest BCUT2D eigenvalue weighted by molar-refractivity contribution is 0.485. The number of hydrogen-bond donors (Lipinski definition) is 1. The average Bonchev–Trinajstić information content (AvgIpc) is 3.44. The molecule has 2 heterocycles. The van der Waals surface area contributed by atoms with E-state index >= 15 is 0 Å². The molecule has 6 nitrogen and oxygen atoms in total. The number of aromatic nitrogens is 5. The van der Waals surface area contributed by atoms with Gasteiger partial charge in [0, 0.05) is 11.6 Å². The molecule has 0 aliphatic heterocycles. The third kappa shape index (κ3) is 3.88. The molecule has 0 saturated heterocycles. The van der Waals surface area contributed by atoms with Gasteiger partial charge >= 0.3 is 0 Å². The summed E-state index contributed by atoms with van der Waals surface area (Å²) in [5.41, 5.74) is 1.46. The Morgan fingerprint density at radius 2 is 1.84 bits per heavy atom. The van der Waals surface area contributed by atoms with Gasteiger partial charge in [0.1, 0.15) is 5.82 Å². The first-order valence-corrected chi connectivity index (χ1v) is 11.7. The number of rotatable bonds is 5. The molecule has 0 spiro atoms. The summed E-state index contributed by atoms with van der Waals surface area (Å²) in [6, 6.07) is 15.5. The van der Waals surface area contributed by atoms with Crippen LogP contribution in [0.3, 0.4) is 0 Å². The number of nitrogens with one attached hydrogen (secondary N) is 1. The first-order chi connectivity index (χ1) is 15.1. The zero-order valence-electron chi connectivity index (χ0n) is 17.1. The zero-order valence-corrected chi connectivity index (χ0v) is 18.7. The average molecular weight is 452 g/mol. The Labute approximate surface area is 189 Å². The first-order valence-electron chi connectivity index (χ1n) is 10.5. The van der Waals surface area contributed by atoms with E-state index in [1.807, 2.05) is 49.4 Å². The maximum Gasteiger partial charge on any atom is 0.258 e. The molecule has 158 valence electrons. The van der Waals surface area contributed by atoms with E-state index in [-0.39, 0.29) is 10.8 Å². The van der Waals surface area contributed by atoms with E-state index in [2.05, 4.69) is 24.7 Å². The Bertz CT molecular complexity index is 1290. The molecule has 2 aromatic carbocycles. The number of nitrogens with zero attached hydrogens (tertiary/aromatic N) is 4. The Hall–Kier alpha value is -2.64. The maximum atomic E-state index is 12.5. The summed E-state index contributed by atoms with van der Waals surface area (Å²) in [5, 5.41) is 11.0. The molecule has 1 saturated carbocycles. The topological polar surface area (TPSA) is 76.5 Å². The van der Waals surface area contributed by atoms with Crippen LogP contribution < -0.4 is 5.56 Å². The lowest BCUT2D eigenvalue weighted by atomic mass is 10.2. The minimum Gasteiger partial charge on any atom is -0.309 e. The van der Waals surface area contributed by atoms with Crippen molar-refractivity contribution in [2.24, 2.45) is 0 Å². The number of fused-ring (bicyclic) bond motifs is 1. The molecule has 0 amide bonds. The Kier molecular flexibility index (Phi) is 5.54. The van der Waals surface area contributed by atoms with Crippen LogP contribution in [0.5, 0.6) is 0 Å². The van der Waals surface area contributed by atoms with E-state index in [1.54, 1.807) is 17.8 Å². The van der Waals surface area contributed by atoms with E-state index in [0.29, 0.717) is 27.8 Å². The molecular formula is C23H22ClN5OS. The second-order valence-electron chi connectivity index (χ2n) is 7.82. The van der Waals surface area contributed by atoms with Gasteiger partial charge in [-0.3, -0.25) is 9.36 Å². The fourth-order valence-corrected chi connectivity index (χ4v) is 5.38. The van der Waals surface area contributed by atoms with Gasteiger partial charge in [-0.2, -0.15) is 0 Å². The lowest BCUT2D eigenvalue weighted by Crippen LogP contribution is -2.13. The van der Waals surface area contributed by atoms with Crippen molar-refractivity contribution < 1.29 is 0 Å². The quantitative estimate of drug-likeness (QED) is 0.388. The molecule has 1 N–H and O–H groups in total. The van der Waals surface area contributed by atoms with Crippen molar-refractivity contribution in [1.82, 2.24) is 24.7 Å². The van der Waals surface area contributed by atoms with Crippen LogP contribution in [0.1, 0.15) is 49.7 Å². The van der Waals surface area contributed by atoms with Gasteiger partial charge in [-0.15, -0.1) is 10.2 Å². The van der Waals surface area contributed by atoms with Crippen LogP contribution in [-0.4, -0.2) is 24.7 Å². The van der Waals surface area contributed by atoms with Crippen molar-refractivity contribution in [3.63, 3.8) is 0 Å². The molecule has 1 unspecified atom stereocenters. The van der Waals surface area contributed by atoms with Crippen molar-refractivity contribution in [2.75, 3.05) is 0 Å². The van der Waals surface area contributed by atoms with Crippen LogP contribution in [0.15, 0.2) is 58.5 Å². The fraction of sp³-hybridized carbons (Fsp3) is 0.304. The second-order valence-corrected chi connectivity index (χ2v) is 9.54. The number of aromatic amines is 1. The molecule has 5 rings (SSSR count). The minimum absolute atomic E-state index is 0.0965. The van der Waals surface area contributed by atoms with Gasteiger partial charge in [0.15, 0.2) is 11.0 Å². The van der Waals surface area contributed by atoms with Crippen LogP contribution >= 0.6 is 23.4 Å². The normalized spacial score (nSPS) is 15.5. The van der Waals surface area contributed by atoms with Crippen molar-refractivity contribution in [1.29, 1.82) is 0 Å². The van der Waals surface area contributed by atoms with E-state index in [4.69, 9.17) is 11.6 Å². The van der Waals surface area contributed by atoms with Crippen LogP contribution in [-0.2, 0) is 0 Å². The van der Waals surface area contributed by atoms with E-state index in [9.17, 15) is 4.79 Å². The smallest absolute Gasteiger partial charge is 0.258 e. The van der Waals surface area contributed by atoms with Gasteiger partial charge in [0.05, 0.1) is 21.2 Å². The number of H-pyrrole nitrogens is 1. The van der Waals surface area contributed by atoms with Crippen LogP contribution in [0.25, 0.3) is 22.3 Å². The molecule has 4 aromatic rings. The van der Waals surface area contributed by atoms with Gasteiger partial charge < -0.3 is 4.98 Å². The molecule has 0 bridgehead atoms. The molecule has 1 aliphatic carbocycles. The van der Waals surface area contributed by atoms with Gasteiger partial charge in [-0.1, -0.05) is 60.5 Å². The molecule has 1 atom stereocenters. The van der Waals surface area contributed by atoms with Crippen molar-refractivity contribution in [3.8, 4) is 11.4 Å². The number of halogens is 1. The predicted molar refractivity (Wildman–Crippen MR) is 125 cm³/mol. The lowest BCUT2D eigenvalue weighted by Gasteiger charge is -2.19. The summed E-state index contributed by atoms with van der Waals surface area (Å²) in [4.78, 5) is 20.1. The molecule has 1 aliphatic rings. The molecule has 8 heteroatoms. The molecule has 2 aromatic heterocycles. The molecule has 0 radical (unpaired) electrons. The highest BCUT2D eigenvalue weighted by Gasteiger charge is 2.27. The monoisotopic (exact) mass is 451 g/mol. The Morgan fingerprint density at radius 1 is 1.10 bits per heavy atom. The fourth-order valence-electron chi connectivity index (χ4n) is 4.19. The summed E-state index contributed by atoms with van der Waals surface area (Å²) in [6.07, 6.45) is 4.60. The third-order valence-electron chi connectivity index (χ3n) is 5.77. The highest BCUT2D eigenvalue weighted by atomic mass is 35.5. The van der Waals surface area contributed by atoms with Gasteiger partial charge in [-0.05, 0) is 44.0 Å². The maximum absolute atomic E-state index is 12.5. The number of thioether (sulfide) groups is 1. The molecule has 31 heavy (non-hydrogen) atoms. The summed E-state index contributed by atoms with van der Waals surface area (Å²) in [5.74, 6) is 1.43. The number of benzene rings is 2. The summed E-state index contributed by atoms with van der Waals surface area (Å²) in [6.45, 7) is 2.03.